The van der Waals surface area contributed by atoms with E-state index in [1.54, 1.807) is 19.2 Å². The zero-order valence-corrected chi connectivity index (χ0v) is 13.3. The minimum atomic E-state index is -0.274. The standard InChI is InChI=1S/C14H19BrFNO3/c1-19-8-7-17(6-5-14(18)20-2)10-11-3-4-12(15)9-13(11)16/h3-4,9H,5-8,10H2,1-2H3. The van der Waals surface area contributed by atoms with E-state index >= 15 is 0 Å². The van der Waals surface area contributed by atoms with Crippen molar-refractivity contribution in [2.75, 3.05) is 33.9 Å². The largest absolute Gasteiger partial charge is 0.469 e. The Balaban J connectivity index is 2.65. The van der Waals surface area contributed by atoms with E-state index in [4.69, 9.17) is 4.74 Å². The third-order valence-corrected chi connectivity index (χ3v) is 3.37. The van der Waals surface area contributed by atoms with Gasteiger partial charge in [-0.2, -0.15) is 0 Å². The molecule has 0 N–H and O–H groups in total. The Bertz CT molecular complexity index is 442. The summed E-state index contributed by atoms with van der Waals surface area (Å²) in [5.74, 6) is -0.538. The first-order chi connectivity index (χ1) is 9.56. The molecule has 0 amide bonds. The van der Waals surface area contributed by atoms with E-state index in [0.717, 1.165) is 0 Å². The Hall–Kier alpha value is -0.980. The van der Waals surface area contributed by atoms with Crippen molar-refractivity contribution < 1.29 is 18.7 Å². The second-order valence-electron chi connectivity index (χ2n) is 4.33. The molecule has 0 atom stereocenters. The molecule has 0 saturated heterocycles. The molecule has 6 heteroatoms. The summed E-state index contributed by atoms with van der Waals surface area (Å²) in [7, 11) is 2.97. The predicted octanol–water partition coefficient (Wildman–Crippen LogP) is 2.60. The molecule has 0 saturated carbocycles. The topological polar surface area (TPSA) is 38.8 Å². The molecule has 0 heterocycles. The molecule has 0 aliphatic rings. The Morgan fingerprint density at radius 1 is 1.35 bits per heavy atom. The minimum Gasteiger partial charge on any atom is -0.469 e. The second kappa shape index (κ2) is 9.05. The third kappa shape index (κ3) is 5.98. The van der Waals surface area contributed by atoms with Gasteiger partial charge in [0, 0.05) is 36.8 Å². The molecule has 0 fully saturated rings. The van der Waals surface area contributed by atoms with Gasteiger partial charge in [-0.25, -0.2) is 4.39 Å². The fourth-order valence-electron chi connectivity index (χ4n) is 1.73. The molecular formula is C14H19BrFNO3. The van der Waals surface area contributed by atoms with Crippen molar-refractivity contribution in [1.82, 2.24) is 4.90 Å². The number of ether oxygens (including phenoxy) is 2. The molecule has 1 aromatic carbocycles. The number of hydrogen-bond donors (Lipinski definition) is 0. The van der Waals surface area contributed by atoms with Gasteiger partial charge in [0.05, 0.1) is 20.1 Å². The Kier molecular flexibility index (Phi) is 7.72. The van der Waals surface area contributed by atoms with Crippen molar-refractivity contribution in [3.05, 3.63) is 34.1 Å². The third-order valence-electron chi connectivity index (χ3n) is 2.88. The van der Waals surface area contributed by atoms with Crippen molar-refractivity contribution in [3.8, 4) is 0 Å². The lowest BCUT2D eigenvalue weighted by molar-refractivity contribution is -0.141. The number of nitrogens with zero attached hydrogens (tertiary/aromatic N) is 1. The number of carbonyl (C=O) groups excluding carboxylic acids is 1. The molecule has 112 valence electrons. The average molecular weight is 348 g/mol. The van der Waals surface area contributed by atoms with E-state index in [1.165, 1.54) is 13.2 Å². The number of hydrogen-bond acceptors (Lipinski definition) is 4. The number of carbonyl (C=O) groups is 1. The van der Waals surface area contributed by atoms with Crippen LogP contribution in [0.5, 0.6) is 0 Å². The monoisotopic (exact) mass is 347 g/mol. The van der Waals surface area contributed by atoms with Gasteiger partial charge in [-0.05, 0) is 12.1 Å². The summed E-state index contributed by atoms with van der Waals surface area (Å²) in [4.78, 5) is 13.2. The maximum atomic E-state index is 13.8. The second-order valence-corrected chi connectivity index (χ2v) is 5.25. The molecule has 0 aromatic heterocycles. The smallest absolute Gasteiger partial charge is 0.306 e. The fraction of sp³-hybridized carbons (Fsp3) is 0.500. The van der Waals surface area contributed by atoms with Crippen molar-refractivity contribution >= 4 is 21.9 Å². The highest BCUT2D eigenvalue weighted by Crippen LogP contribution is 2.17. The predicted molar refractivity (Wildman–Crippen MR) is 77.9 cm³/mol. The summed E-state index contributed by atoms with van der Waals surface area (Å²) >= 11 is 3.23. The number of esters is 1. The van der Waals surface area contributed by atoms with Crippen molar-refractivity contribution in [2.24, 2.45) is 0 Å². The molecule has 1 aromatic rings. The van der Waals surface area contributed by atoms with E-state index in [1.807, 2.05) is 4.90 Å². The van der Waals surface area contributed by atoms with E-state index in [-0.39, 0.29) is 18.2 Å². The minimum absolute atomic E-state index is 0.264. The van der Waals surface area contributed by atoms with Crippen LogP contribution in [0.3, 0.4) is 0 Å². The van der Waals surface area contributed by atoms with Gasteiger partial charge in [0.2, 0.25) is 0 Å². The van der Waals surface area contributed by atoms with Crippen LogP contribution in [0, 0.1) is 5.82 Å². The number of benzene rings is 1. The zero-order chi connectivity index (χ0) is 15.0. The van der Waals surface area contributed by atoms with Crippen LogP contribution >= 0.6 is 15.9 Å². The SMILES string of the molecule is COCCN(CCC(=O)OC)Cc1ccc(Br)cc1F. The van der Waals surface area contributed by atoms with Crippen molar-refractivity contribution in [3.63, 3.8) is 0 Å². The van der Waals surface area contributed by atoms with Crippen LogP contribution in [0.4, 0.5) is 4.39 Å². The number of halogens is 2. The van der Waals surface area contributed by atoms with Crippen LogP contribution in [-0.2, 0) is 20.8 Å². The highest BCUT2D eigenvalue weighted by molar-refractivity contribution is 9.10. The zero-order valence-electron chi connectivity index (χ0n) is 11.7. The van der Waals surface area contributed by atoms with Gasteiger partial charge in [-0.15, -0.1) is 0 Å². The summed E-state index contributed by atoms with van der Waals surface area (Å²) in [6.07, 6.45) is 0.276. The summed E-state index contributed by atoms with van der Waals surface area (Å²) in [6.45, 7) is 2.09. The molecule has 0 spiro atoms. The molecule has 0 unspecified atom stereocenters. The van der Waals surface area contributed by atoms with E-state index in [0.29, 0.717) is 36.3 Å². The molecule has 0 aliphatic carbocycles. The fourth-order valence-corrected chi connectivity index (χ4v) is 2.07. The van der Waals surface area contributed by atoms with Crippen LogP contribution in [0.2, 0.25) is 0 Å². The lowest BCUT2D eigenvalue weighted by Gasteiger charge is -2.21. The van der Waals surface area contributed by atoms with Crippen LogP contribution in [0.1, 0.15) is 12.0 Å². The van der Waals surface area contributed by atoms with Gasteiger partial charge in [0.1, 0.15) is 5.82 Å². The summed E-state index contributed by atoms with van der Waals surface area (Å²) in [5.41, 5.74) is 0.592. The van der Waals surface area contributed by atoms with Gasteiger partial charge in [-0.3, -0.25) is 9.69 Å². The lowest BCUT2D eigenvalue weighted by atomic mass is 10.2. The number of rotatable bonds is 8. The number of methoxy groups -OCH3 is 2. The Labute approximate surface area is 127 Å². The van der Waals surface area contributed by atoms with Gasteiger partial charge in [0.25, 0.3) is 0 Å². The van der Waals surface area contributed by atoms with Crippen LogP contribution in [0.15, 0.2) is 22.7 Å². The summed E-state index contributed by atoms with van der Waals surface area (Å²) in [5, 5.41) is 0. The molecule has 0 aliphatic heterocycles. The quantitative estimate of drug-likeness (QED) is 0.677. The van der Waals surface area contributed by atoms with Gasteiger partial charge in [0.15, 0.2) is 0 Å². The highest BCUT2D eigenvalue weighted by atomic mass is 79.9. The van der Waals surface area contributed by atoms with Gasteiger partial charge < -0.3 is 9.47 Å². The normalized spacial score (nSPS) is 10.8. The molecule has 4 nitrogen and oxygen atoms in total. The first-order valence-corrected chi connectivity index (χ1v) is 7.08. The van der Waals surface area contributed by atoms with E-state index in [2.05, 4.69) is 20.7 Å². The van der Waals surface area contributed by atoms with Gasteiger partial charge in [-0.1, -0.05) is 22.0 Å². The molecular weight excluding hydrogens is 329 g/mol. The summed E-state index contributed by atoms with van der Waals surface area (Å²) in [6, 6.07) is 4.97. The summed E-state index contributed by atoms with van der Waals surface area (Å²) < 4.78 is 24.2. The van der Waals surface area contributed by atoms with Crippen molar-refractivity contribution in [1.29, 1.82) is 0 Å². The molecule has 0 radical (unpaired) electrons. The maximum absolute atomic E-state index is 13.8. The lowest BCUT2D eigenvalue weighted by Crippen LogP contribution is -2.30. The van der Waals surface area contributed by atoms with Crippen LogP contribution in [0.25, 0.3) is 0 Å². The van der Waals surface area contributed by atoms with Crippen LogP contribution in [-0.4, -0.2) is 44.8 Å². The highest BCUT2D eigenvalue weighted by Gasteiger charge is 2.12. The average Bonchev–Trinajstić information content (AvgIpc) is 2.43. The molecule has 0 bridgehead atoms. The van der Waals surface area contributed by atoms with Crippen molar-refractivity contribution in [2.45, 2.75) is 13.0 Å². The molecule has 20 heavy (non-hydrogen) atoms. The van der Waals surface area contributed by atoms with E-state index < -0.39 is 0 Å². The molecule has 1 rings (SSSR count). The van der Waals surface area contributed by atoms with Crippen LogP contribution < -0.4 is 0 Å². The Morgan fingerprint density at radius 3 is 2.70 bits per heavy atom. The van der Waals surface area contributed by atoms with E-state index in [9.17, 15) is 9.18 Å². The Morgan fingerprint density at radius 2 is 2.10 bits per heavy atom. The first kappa shape index (κ1) is 17.1. The first-order valence-electron chi connectivity index (χ1n) is 6.29. The van der Waals surface area contributed by atoms with Gasteiger partial charge >= 0.3 is 5.97 Å². The maximum Gasteiger partial charge on any atom is 0.306 e.